The number of ether oxygens (including phenoxy) is 2. The van der Waals surface area contributed by atoms with Gasteiger partial charge in [-0.25, -0.2) is 0 Å². The second-order valence-electron chi connectivity index (χ2n) is 2.90. The summed E-state index contributed by atoms with van der Waals surface area (Å²) in [5.74, 6) is 1.27. The van der Waals surface area contributed by atoms with Gasteiger partial charge in [-0.2, -0.15) is 0 Å². The van der Waals surface area contributed by atoms with Crippen molar-refractivity contribution in [2.75, 3.05) is 20.8 Å². The zero-order valence-corrected chi connectivity index (χ0v) is 9.58. The lowest BCUT2D eigenvalue weighted by Crippen LogP contribution is -2.14. The van der Waals surface area contributed by atoms with E-state index in [-0.39, 0.29) is 25.1 Å². The first-order chi connectivity index (χ1) is 6.72. The third-order valence-corrected chi connectivity index (χ3v) is 2.03. The van der Waals surface area contributed by atoms with Crippen molar-refractivity contribution < 1.29 is 14.6 Å². The first-order valence-electron chi connectivity index (χ1n) is 4.31. The monoisotopic (exact) mass is 233 g/mol. The molecule has 0 radical (unpaired) electrons. The molecule has 1 aromatic rings. The number of halogens is 1. The molecule has 0 saturated heterocycles. The summed E-state index contributed by atoms with van der Waals surface area (Å²) in [5, 5.41) is 8.88. The Kier molecular flexibility index (Phi) is 6.08. The van der Waals surface area contributed by atoms with Crippen LogP contribution in [0.25, 0.3) is 0 Å². The maximum atomic E-state index is 8.88. The van der Waals surface area contributed by atoms with Crippen LogP contribution in [0.4, 0.5) is 0 Å². The van der Waals surface area contributed by atoms with Crippen LogP contribution in [0.15, 0.2) is 18.2 Å². The fraction of sp³-hybridized carbons (Fsp3) is 0.400. The number of methoxy groups -OCH3 is 2. The van der Waals surface area contributed by atoms with Crippen molar-refractivity contribution in [1.29, 1.82) is 0 Å². The molecule has 4 nitrogen and oxygen atoms in total. The molecular formula is C10H16ClNO3. The molecule has 0 amide bonds. The maximum absolute atomic E-state index is 8.88. The minimum absolute atomic E-state index is 0. The van der Waals surface area contributed by atoms with E-state index in [1.165, 1.54) is 0 Å². The van der Waals surface area contributed by atoms with E-state index >= 15 is 0 Å². The summed E-state index contributed by atoms with van der Waals surface area (Å²) in [6.07, 6.45) is 0. The predicted octanol–water partition coefficient (Wildman–Crippen LogP) is 1.12. The average Bonchev–Trinajstić information content (AvgIpc) is 2.26. The Balaban J connectivity index is 0.00000196. The lowest BCUT2D eigenvalue weighted by molar-refractivity contribution is 0.267. The molecule has 0 bridgehead atoms. The number of nitrogens with two attached hydrogens (primary N) is 1. The standard InChI is InChI=1S/C10H15NO3.ClH/c1-13-9-4-3-7(8(11)6-12)5-10(9)14-2;/h3-5,8,12H,6,11H2,1-2H3;1H/t8-;/m0./s1. The molecule has 1 atom stereocenters. The minimum Gasteiger partial charge on any atom is -0.493 e. The normalized spacial score (nSPS) is 11.5. The summed E-state index contributed by atoms with van der Waals surface area (Å²) < 4.78 is 10.2. The van der Waals surface area contributed by atoms with Gasteiger partial charge in [0, 0.05) is 0 Å². The summed E-state index contributed by atoms with van der Waals surface area (Å²) in [6.45, 7) is -0.0878. The maximum Gasteiger partial charge on any atom is 0.161 e. The number of hydrogen-bond acceptors (Lipinski definition) is 4. The van der Waals surface area contributed by atoms with Gasteiger partial charge < -0.3 is 20.3 Å². The molecule has 0 heterocycles. The number of benzene rings is 1. The van der Waals surface area contributed by atoms with E-state index in [1.807, 2.05) is 6.07 Å². The van der Waals surface area contributed by atoms with Crippen molar-refractivity contribution in [1.82, 2.24) is 0 Å². The van der Waals surface area contributed by atoms with Crippen LogP contribution >= 0.6 is 12.4 Å². The van der Waals surface area contributed by atoms with Crippen LogP contribution in [-0.2, 0) is 0 Å². The highest BCUT2D eigenvalue weighted by Crippen LogP contribution is 2.29. The van der Waals surface area contributed by atoms with Crippen molar-refractivity contribution >= 4 is 12.4 Å². The van der Waals surface area contributed by atoms with Crippen LogP contribution in [-0.4, -0.2) is 25.9 Å². The molecule has 1 rings (SSSR count). The SMILES string of the molecule is COc1ccc([C@@H](N)CO)cc1OC.Cl. The number of aliphatic hydroxyl groups is 1. The van der Waals surface area contributed by atoms with E-state index in [1.54, 1.807) is 26.4 Å². The summed E-state index contributed by atoms with van der Waals surface area (Å²) in [4.78, 5) is 0. The Morgan fingerprint density at radius 3 is 2.33 bits per heavy atom. The first kappa shape index (κ1) is 14.0. The van der Waals surface area contributed by atoms with Gasteiger partial charge in [0.1, 0.15) is 0 Å². The van der Waals surface area contributed by atoms with E-state index in [0.29, 0.717) is 11.5 Å². The molecule has 1 aromatic carbocycles. The van der Waals surface area contributed by atoms with Crippen molar-refractivity contribution in [2.45, 2.75) is 6.04 Å². The lowest BCUT2D eigenvalue weighted by Gasteiger charge is -2.12. The van der Waals surface area contributed by atoms with E-state index in [4.69, 9.17) is 20.3 Å². The van der Waals surface area contributed by atoms with Gasteiger partial charge in [-0.1, -0.05) is 6.07 Å². The van der Waals surface area contributed by atoms with Gasteiger partial charge in [0.25, 0.3) is 0 Å². The fourth-order valence-corrected chi connectivity index (χ4v) is 1.19. The molecule has 0 aliphatic rings. The fourth-order valence-electron chi connectivity index (χ4n) is 1.19. The summed E-state index contributed by atoms with van der Waals surface area (Å²) in [7, 11) is 3.13. The van der Waals surface area contributed by atoms with Crippen molar-refractivity contribution in [2.24, 2.45) is 5.73 Å². The van der Waals surface area contributed by atoms with Crippen LogP contribution in [0.2, 0.25) is 0 Å². The van der Waals surface area contributed by atoms with Crippen molar-refractivity contribution in [3.63, 3.8) is 0 Å². The number of hydrogen-bond donors (Lipinski definition) is 2. The molecule has 0 saturated carbocycles. The highest BCUT2D eigenvalue weighted by atomic mass is 35.5. The zero-order chi connectivity index (χ0) is 10.6. The molecule has 0 fully saturated rings. The molecule has 86 valence electrons. The quantitative estimate of drug-likeness (QED) is 0.818. The molecular weight excluding hydrogens is 218 g/mol. The highest BCUT2D eigenvalue weighted by Gasteiger charge is 2.09. The topological polar surface area (TPSA) is 64.7 Å². The largest absolute Gasteiger partial charge is 0.493 e. The van der Waals surface area contributed by atoms with Gasteiger partial charge in [-0.3, -0.25) is 0 Å². The van der Waals surface area contributed by atoms with Gasteiger partial charge in [-0.05, 0) is 17.7 Å². The molecule has 0 aliphatic carbocycles. The van der Waals surface area contributed by atoms with E-state index < -0.39 is 0 Å². The van der Waals surface area contributed by atoms with Crippen LogP contribution in [0, 0.1) is 0 Å². The van der Waals surface area contributed by atoms with Crippen LogP contribution in [0.3, 0.4) is 0 Å². The predicted molar refractivity (Wildman–Crippen MR) is 60.8 cm³/mol. The molecule has 5 heteroatoms. The smallest absolute Gasteiger partial charge is 0.161 e. The van der Waals surface area contributed by atoms with Crippen molar-refractivity contribution in [3.05, 3.63) is 23.8 Å². The molecule has 15 heavy (non-hydrogen) atoms. The van der Waals surface area contributed by atoms with E-state index in [0.717, 1.165) is 5.56 Å². The van der Waals surface area contributed by atoms with E-state index in [9.17, 15) is 0 Å². The van der Waals surface area contributed by atoms with Crippen LogP contribution in [0.5, 0.6) is 11.5 Å². The van der Waals surface area contributed by atoms with E-state index in [2.05, 4.69) is 0 Å². The zero-order valence-electron chi connectivity index (χ0n) is 8.77. The minimum atomic E-state index is -0.380. The highest BCUT2D eigenvalue weighted by molar-refractivity contribution is 5.85. The molecule has 0 unspecified atom stereocenters. The Morgan fingerprint density at radius 1 is 1.27 bits per heavy atom. The summed E-state index contributed by atoms with van der Waals surface area (Å²) in [5.41, 5.74) is 6.49. The Morgan fingerprint density at radius 2 is 1.87 bits per heavy atom. The van der Waals surface area contributed by atoms with Gasteiger partial charge in [0.15, 0.2) is 11.5 Å². The average molecular weight is 234 g/mol. The first-order valence-corrected chi connectivity index (χ1v) is 4.31. The van der Waals surface area contributed by atoms with Crippen LogP contribution < -0.4 is 15.2 Å². The van der Waals surface area contributed by atoms with Gasteiger partial charge in [0.05, 0.1) is 26.9 Å². The molecule has 0 aliphatic heterocycles. The van der Waals surface area contributed by atoms with Gasteiger partial charge in [0.2, 0.25) is 0 Å². The van der Waals surface area contributed by atoms with Crippen LogP contribution in [0.1, 0.15) is 11.6 Å². The molecule has 0 aromatic heterocycles. The Bertz CT molecular complexity index is 307. The second-order valence-corrected chi connectivity index (χ2v) is 2.90. The van der Waals surface area contributed by atoms with Crippen molar-refractivity contribution in [3.8, 4) is 11.5 Å². The third kappa shape index (κ3) is 3.27. The summed E-state index contributed by atoms with van der Waals surface area (Å²) in [6, 6.07) is 4.96. The third-order valence-electron chi connectivity index (χ3n) is 2.03. The van der Waals surface area contributed by atoms with Gasteiger partial charge >= 0.3 is 0 Å². The molecule has 3 N–H and O–H groups in total. The lowest BCUT2D eigenvalue weighted by atomic mass is 10.1. The number of aliphatic hydroxyl groups excluding tert-OH is 1. The second kappa shape index (κ2) is 6.50. The Hall–Kier alpha value is -0.970. The Labute approximate surface area is 95.4 Å². The van der Waals surface area contributed by atoms with Gasteiger partial charge in [-0.15, -0.1) is 12.4 Å². The number of rotatable bonds is 4. The molecule has 0 spiro atoms. The summed E-state index contributed by atoms with van der Waals surface area (Å²) >= 11 is 0.